The maximum absolute atomic E-state index is 13.6. The second-order valence-electron chi connectivity index (χ2n) is 5.86. The number of nitrogens with one attached hydrogen (secondary N) is 1. The van der Waals surface area contributed by atoms with Crippen molar-refractivity contribution in [2.24, 2.45) is 0 Å². The smallest absolute Gasteiger partial charge is 0.272 e. The first-order chi connectivity index (χ1) is 13.0. The van der Waals surface area contributed by atoms with Gasteiger partial charge in [0.15, 0.2) is 18.3 Å². The van der Waals surface area contributed by atoms with Gasteiger partial charge in [-0.2, -0.15) is 10.2 Å². The predicted molar refractivity (Wildman–Crippen MR) is 93.0 cm³/mol. The van der Waals surface area contributed by atoms with E-state index in [0.717, 1.165) is 17.8 Å². The first-order valence-corrected chi connectivity index (χ1v) is 8.41. The highest BCUT2D eigenvalue weighted by Crippen LogP contribution is 2.18. The van der Waals surface area contributed by atoms with Crippen molar-refractivity contribution >= 4 is 5.91 Å². The zero-order valence-electron chi connectivity index (χ0n) is 14.9. The number of rotatable bonds is 7. The van der Waals surface area contributed by atoms with Crippen molar-refractivity contribution < 1.29 is 18.3 Å². The van der Waals surface area contributed by atoms with E-state index in [0.29, 0.717) is 6.54 Å². The minimum Gasteiger partial charge on any atom is -0.468 e. The van der Waals surface area contributed by atoms with Gasteiger partial charge in [0, 0.05) is 25.0 Å². The van der Waals surface area contributed by atoms with Crippen molar-refractivity contribution in [3.05, 3.63) is 65.7 Å². The molecule has 0 saturated carbocycles. The van der Waals surface area contributed by atoms with Gasteiger partial charge in [-0.15, -0.1) is 0 Å². The average molecular weight is 375 g/mol. The van der Waals surface area contributed by atoms with Crippen molar-refractivity contribution in [1.82, 2.24) is 24.9 Å². The summed E-state index contributed by atoms with van der Waals surface area (Å²) >= 11 is 0. The molecule has 0 spiro atoms. The number of amides is 1. The molecule has 0 aliphatic rings. The molecule has 9 heteroatoms. The van der Waals surface area contributed by atoms with E-state index >= 15 is 0 Å². The molecule has 0 bridgehead atoms. The summed E-state index contributed by atoms with van der Waals surface area (Å²) in [5.41, 5.74) is 1.09. The van der Waals surface area contributed by atoms with Crippen LogP contribution in [0, 0.1) is 11.6 Å². The molecule has 2 aromatic heterocycles. The summed E-state index contributed by atoms with van der Waals surface area (Å²) in [5, 5.41) is 11.1. The second kappa shape index (κ2) is 7.98. The summed E-state index contributed by atoms with van der Waals surface area (Å²) in [6.45, 7) is 4.41. The van der Waals surface area contributed by atoms with Gasteiger partial charge in [0.1, 0.15) is 11.5 Å². The number of nitrogens with zero attached hydrogens (tertiary/aromatic N) is 4. The number of aryl methyl sites for hydroxylation is 1. The molecule has 27 heavy (non-hydrogen) atoms. The normalized spacial score (nSPS) is 12.0. The lowest BCUT2D eigenvalue weighted by Gasteiger charge is -2.14. The van der Waals surface area contributed by atoms with E-state index in [4.69, 9.17) is 4.74 Å². The highest BCUT2D eigenvalue weighted by Gasteiger charge is 2.16. The van der Waals surface area contributed by atoms with Gasteiger partial charge in [0.25, 0.3) is 5.91 Å². The Bertz CT molecular complexity index is 937. The molecule has 0 fully saturated rings. The number of carbonyl (C=O) groups is 1. The van der Waals surface area contributed by atoms with E-state index in [9.17, 15) is 13.6 Å². The Kier molecular flexibility index (Phi) is 5.49. The summed E-state index contributed by atoms with van der Waals surface area (Å²) in [6, 6.07) is 6.17. The summed E-state index contributed by atoms with van der Waals surface area (Å²) in [5.74, 6) is -1.93. The van der Waals surface area contributed by atoms with E-state index in [2.05, 4.69) is 15.5 Å². The maximum atomic E-state index is 13.6. The molecule has 0 radical (unpaired) electrons. The number of halogens is 2. The third-order valence-electron chi connectivity index (χ3n) is 3.96. The molecule has 1 unspecified atom stereocenters. The van der Waals surface area contributed by atoms with Crippen molar-refractivity contribution in [1.29, 1.82) is 0 Å². The first-order valence-electron chi connectivity index (χ1n) is 8.41. The van der Waals surface area contributed by atoms with Gasteiger partial charge >= 0.3 is 0 Å². The summed E-state index contributed by atoms with van der Waals surface area (Å²) < 4.78 is 34.9. The second-order valence-corrected chi connectivity index (χ2v) is 5.86. The number of hydrogen-bond donors (Lipinski definition) is 1. The molecule has 7 nitrogen and oxygen atoms in total. The summed E-state index contributed by atoms with van der Waals surface area (Å²) in [7, 11) is 0. The van der Waals surface area contributed by atoms with E-state index < -0.39 is 11.6 Å². The molecule has 3 aromatic rings. The fourth-order valence-electron chi connectivity index (χ4n) is 2.60. The zero-order chi connectivity index (χ0) is 19.4. The van der Waals surface area contributed by atoms with Gasteiger partial charge in [0.2, 0.25) is 0 Å². The minimum atomic E-state index is -0.804. The highest BCUT2D eigenvalue weighted by molar-refractivity contribution is 5.92. The van der Waals surface area contributed by atoms with Crippen LogP contribution in [0.25, 0.3) is 0 Å². The fraction of sp³-hybridized carbons (Fsp3) is 0.278. The summed E-state index contributed by atoms with van der Waals surface area (Å²) in [6.07, 6.45) is 3.22. The molecule has 1 amide bonds. The van der Waals surface area contributed by atoms with Crippen molar-refractivity contribution in [2.45, 2.75) is 33.2 Å². The van der Waals surface area contributed by atoms with Crippen LogP contribution in [0.5, 0.6) is 5.75 Å². The van der Waals surface area contributed by atoms with Crippen LogP contribution in [0.2, 0.25) is 0 Å². The van der Waals surface area contributed by atoms with Crippen LogP contribution in [-0.4, -0.2) is 25.5 Å². The largest absolute Gasteiger partial charge is 0.468 e. The topological polar surface area (TPSA) is 74.0 Å². The SMILES string of the molecule is CCn1nccc1C(C)NC(=O)c1ccn(COc2ccc(F)cc2F)n1. The van der Waals surface area contributed by atoms with Crippen LogP contribution in [-0.2, 0) is 13.3 Å². The summed E-state index contributed by atoms with van der Waals surface area (Å²) in [4.78, 5) is 12.4. The third-order valence-corrected chi connectivity index (χ3v) is 3.96. The highest BCUT2D eigenvalue weighted by atomic mass is 19.1. The Labute approximate surface area is 154 Å². The number of aromatic nitrogens is 4. The standard InChI is InChI=1S/C18H19F2N5O2/c1-3-25-16(6-8-21-25)12(2)22-18(26)15-7-9-24(23-15)11-27-17-5-4-13(19)10-14(17)20/h4-10,12H,3,11H2,1-2H3,(H,22,26). The monoisotopic (exact) mass is 375 g/mol. The van der Waals surface area contributed by atoms with Crippen molar-refractivity contribution in [3.63, 3.8) is 0 Å². The van der Waals surface area contributed by atoms with Gasteiger partial charge in [0.05, 0.1) is 11.7 Å². The minimum absolute atomic E-state index is 0.0978. The lowest BCUT2D eigenvalue weighted by atomic mass is 10.2. The van der Waals surface area contributed by atoms with E-state index in [-0.39, 0.29) is 30.1 Å². The van der Waals surface area contributed by atoms with Crippen LogP contribution in [0.3, 0.4) is 0 Å². The quantitative estimate of drug-likeness (QED) is 0.689. The van der Waals surface area contributed by atoms with Gasteiger partial charge in [-0.05, 0) is 38.1 Å². The molecule has 3 rings (SSSR count). The molecule has 0 saturated heterocycles. The molecule has 1 aromatic carbocycles. The molecule has 2 heterocycles. The Morgan fingerprint density at radius 3 is 2.85 bits per heavy atom. The Balaban J connectivity index is 1.60. The molecule has 1 N–H and O–H groups in total. The Hall–Kier alpha value is -3.23. The number of hydrogen-bond acceptors (Lipinski definition) is 4. The number of benzene rings is 1. The van der Waals surface area contributed by atoms with Crippen LogP contribution >= 0.6 is 0 Å². The van der Waals surface area contributed by atoms with E-state index in [1.807, 2.05) is 19.9 Å². The molecule has 1 atom stereocenters. The van der Waals surface area contributed by atoms with Gasteiger partial charge in [-0.1, -0.05) is 0 Å². The Morgan fingerprint density at radius 1 is 1.30 bits per heavy atom. The molecule has 0 aliphatic heterocycles. The first kappa shape index (κ1) is 18.6. The van der Waals surface area contributed by atoms with Gasteiger partial charge in [-0.3, -0.25) is 9.48 Å². The fourth-order valence-corrected chi connectivity index (χ4v) is 2.60. The van der Waals surface area contributed by atoms with Crippen LogP contribution in [0.1, 0.15) is 36.1 Å². The molecule has 142 valence electrons. The number of carbonyl (C=O) groups excluding carboxylic acids is 1. The van der Waals surface area contributed by atoms with Gasteiger partial charge < -0.3 is 10.1 Å². The average Bonchev–Trinajstić information content (AvgIpc) is 3.30. The van der Waals surface area contributed by atoms with Crippen LogP contribution < -0.4 is 10.1 Å². The number of ether oxygens (including phenoxy) is 1. The third kappa shape index (κ3) is 4.30. The van der Waals surface area contributed by atoms with E-state index in [1.165, 1.54) is 23.0 Å². The van der Waals surface area contributed by atoms with Crippen LogP contribution in [0.15, 0.2) is 42.7 Å². The molecular weight excluding hydrogens is 356 g/mol. The molecule has 0 aliphatic carbocycles. The maximum Gasteiger partial charge on any atom is 0.272 e. The Morgan fingerprint density at radius 2 is 2.11 bits per heavy atom. The van der Waals surface area contributed by atoms with Crippen LogP contribution in [0.4, 0.5) is 8.78 Å². The van der Waals surface area contributed by atoms with Crippen molar-refractivity contribution in [3.8, 4) is 5.75 Å². The lowest BCUT2D eigenvalue weighted by Crippen LogP contribution is -2.28. The van der Waals surface area contributed by atoms with E-state index in [1.54, 1.807) is 10.9 Å². The predicted octanol–water partition coefficient (Wildman–Crippen LogP) is 2.91. The lowest BCUT2D eigenvalue weighted by molar-refractivity contribution is 0.0931. The van der Waals surface area contributed by atoms with Crippen molar-refractivity contribution in [2.75, 3.05) is 0 Å². The molecular formula is C18H19F2N5O2. The zero-order valence-corrected chi connectivity index (χ0v) is 14.9. The van der Waals surface area contributed by atoms with Gasteiger partial charge in [-0.25, -0.2) is 13.5 Å².